The number of aryl methyl sites for hydroxylation is 1. The van der Waals surface area contributed by atoms with Crippen molar-refractivity contribution in [2.45, 2.75) is 13.5 Å². The van der Waals surface area contributed by atoms with Crippen LogP contribution in [0.4, 0.5) is 0 Å². The predicted molar refractivity (Wildman–Crippen MR) is 57.3 cm³/mol. The first-order valence-corrected chi connectivity index (χ1v) is 4.73. The highest BCUT2D eigenvalue weighted by Crippen LogP contribution is 2.10. The number of rotatable bonds is 3. The molecule has 0 saturated carbocycles. The van der Waals surface area contributed by atoms with E-state index in [1.807, 2.05) is 48.1 Å². The van der Waals surface area contributed by atoms with Gasteiger partial charge in [0.25, 0.3) is 0 Å². The van der Waals surface area contributed by atoms with Crippen LogP contribution in [0.1, 0.15) is 11.3 Å². The monoisotopic (exact) mass is 203 g/mol. The lowest BCUT2D eigenvalue weighted by molar-refractivity contribution is 0.124. The van der Waals surface area contributed by atoms with E-state index >= 15 is 0 Å². The minimum Gasteiger partial charge on any atom is -0.300 e. The first-order chi connectivity index (χ1) is 7.29. The molecule has 0 radical (unpaired) electrons. The molecule has 0 spiro atoms. The van der Waals surface area contributed by atoms with Crippen LogP contribution in [0.5, 0.6) is 0 Å². The lowest BCUT2D eigenvalue weighted by Crippen LogP contribution is -2.01. The van der Waals surface area contributed by atoms with Crippen molar-refractivity contribution in [3.63, 3.8) is 0 Å². The van der Waals surface area contributed by atoms with Gasteiger partial charge in [-0.2, -0.15) is 5.10 Å². The minimum absolute atomic E-state index is 0.411. The van der Waals surface area contributed by atoms with Crippen LogP contribution < -0.4 is 5.90 Å². The zero-order valence-corrected chi connectivity index (χ0v) is 8.55. The van der Waals surface area contributed by atoms with Crippen LogP contribution in [0.15, 0.2) is 36.5 Å². The van der Waals surface area contributed by atoms with Gasteiger partial charge in [0.2, 0.25) is 0 Å². The molecule has 78 valence electrons. The van der Waals surface area contributed by atoms with Crippen molar-refractivity contribution in [1.82, 2.24) is 9.78 Å². The van der Waals surface area contributed by atoms with Crippen molar-refractivity contribution < 1.29 is 4.84 Å². The molecule has 0 amide bonds. The standard InChI is InChI=1S/C11H13N3O/c1-9-5-6-14(13-9)11-4-2-3-10(7-11)8-15-12/h2-7H,8,12H2,1H3. The van der Waals surface area contributed by atoms with Gasteiger partial charge < -0.3 is 0 Å². The van der Waals surface area contributed by atoms with Gasteiger partial charge in [-0.3, -0.25) is 4.84 Å². The van der Waals surface area contributed by atoms with Gasteiger partial charge in [-0.15, -0.1) is 0 Å². The first-order valence-electron chi connectivity index (χ1n) is 4.73. The molecule has 15 heavy (non-hydrogen) atoms. The average Bonchev–Trinajstić information content (AvgIpc) is 2.66. The van der Waals surface area contributed by atoms with Gasteiger partial charge in [0.15, 0.2) is 0 Å². The number of hydrogen-bond donors (Lipinski definition) is 1. The summed E-state index contributed by atoms with van der Waals surface area (Å²) in [6.07, 6.45) is 1.93. The molecule has 0 aliphatic carbocycles. The average molecular weight is 203 g/mol. The summed E-state index contributed by atoms with van der Waals surface area (Å²) in [5, 5.41) is 4.33. The van der Waals surface area contributed by atoms with E-state index in [0.29, 0.717) is 6.61 Å². The van der Waals surface area contributed by atoms with Crippen LogP contribution in [0.3, 0.4) is 0 Å². The molecule has 0 atom stereocenters. The van der Waals surface area contributed by atoms with Crippen molar-refractivity contribution in [2.24, 2.45) is 5.90 Å². The summed E-state index contributed by atoms with van der Waals surface area (Å²) < 4.78 is 1.83. The molecule has 4 heteroatoms. The van der Waals surface area contributed by atoms with Crippen molar-refractivity contribution in [2.75, 3.05) is 0 Å². The summed E-state index contributed by atoms with van der Waals surface area (Å²) in [7, 11) is 0. The van der Waals surface area contributed by atoms with E-state index in [0.717, 1.165) is 16.9 Å². The molecule has 0 bridgehead atoms. The van der Waals surface area contributed by atoms with Crippen LogP contribution in [0, 0.1) is 6.92 Å². The Bertz CT molecular complexity index is 451. The van der Waals surface area contributed by atoms with Crippen LogP contribution in [0.2, 0.25) is 0 Å². The van der Waals surface area contributed by atoms with Gasteiger partial charge in [-0.05, 0) is 30.7 Å². The lowest BCUT2D eigenvalue weighted by atomic mass is 10.2. The Hall–Kier alpha value is -1.65. The zero-order valence-electron chi connectivity index (χ0n) is 8.55. The normalized spacial score (nSPS) is 10.5. The Morgan fingerprint density at radius 2 is 2.27 bits per heavy atom. The summed E-state index contributed by atoms with van der Waals surface area (Å²) in [6.45, 7) is 2.37. The molecule has 0 aliphatic heterocycles. The molecular formula is C11H13N3O. The second kappa shape index (κ2) is 4.25. The van der Waals surface area contributed by atoms with Crippen molar-refractivity contribution in [3.8, 4) is 5.69 Å². The third-order valence-electron chi connectivity index (χ3n) is 2.15. The molecule has 2 N–H and O–H groups in total. The summed E-state index contributed by atoms with van der Waals surface area (Å²) in [5.74, 6) is 5.03. The van der Waals surface area contributed by atoms with E-state index < -0.39 is 0 Å². The van der Waals surface area contributed by atoms with E-state index in [9.17, 15) is 0 Å². The molecule has 0 saturated heterocycles. The highest BCUT2D eigenvalue weighted by molar-refractivity contribution is 5.35. The van der Waals surface area contributed by atoms with Crippen LogP contribution >= 0.6 is 0 Å². The highest BCUT2D eigenvalue weighted by Gasteiger charge is 1.99. The van der Waals surface area contributed by atoms with Crippen molar-refractivity contribution >= 4 is 0 Å². The quantitative estimate of drug-likeness (QED) is 0.770. The fraction of sp³-hybridized carbons (Fsp3) is 0.182. The maximum Gasteiger partial charge on any atom is 0.0930 e. The predicted octanol–water partition coefficient (Wildman–Crippen LogP) is 1.57. The molecule has 0 unspecified atom stereocenters. The Morgan fingerprint density at radius 3 is 2.93 bits per heavy atom. The minimum atomic E-state index is 0.411. The summed E-state index contributed by atoms with van der Waals surface area (Å²) in [6, 6.07) is 9.88. The van der Waals surface area contributed by atoms with Gasteiger partial charge in [-0.25, -0.2) is 10.6 Å². The van der Waals surface area contributed by atoms with Gasteiger partial charge in [0, 0.05) is 6.20 Å². The molecule has 1 heterocycles. The molecule has 0 fully saturated rings. The smallest absolute Gasteiger partial charge is 0.0930 e. The Labute approximate surface area is 88.2 Å². The molecular weight excluding hydrogens is 190 g/mol. The molecule has 2 aromatic rings. The Morgan fingerprint density at radius 1 is 1.40 bits per heavy atom. The third-order valence-corrected chi connectivity index (χ3v) is 2.15. The molecule has 1 aromatic carbocycles. The molecule has 4 nitrogen and oxygen atoms in total. The van der Waals surface area contributed by atoms with Crippen LogP contribution in [0.25, 0.3) is 5.69 Å². The van der Waals surface area contributed by atoms with E-state index in [2.05, 4.69) is 9.94 Å². The number of aromatic nitrogens is 2. The number of nitrogens with two attached hydrogens (primary N) is 1. The summed E-state index contributed by atoms with van der Waals surface area (Å²) in [4.78, 5) is 4.59. The van der Waals surface area contributed by atoms with Crippen molar-refractivity contribution in [1.29, 1.82) is 0 Å². The maximum atomic E-state index is 5.03. The first kappa shape index (κ1) is 9.89. The highest BCUT2D eigenvalue weighted by atomic mass is 16.6. The van der Waals surface area contributed by atoms with Crippen LogP contribution in [-0.4, -0.2) is 9.78 Å². The van der Waals surface area contributed by atoms with Gasteiger partial charge in [0.05, 0.1) is 18.0 Å². The largest absolute Gasteiger partial charge is 0.300 e. The topological polar surface area (TPSA) is 53.1 Å². The number of nitrogens with zero attached hydrogens (tertiary/aromatic N) is 2. The van der Waals surface area contributed by atoms with Crippen molar-refractivity contribution in [3.05, 3.63) is 47.8 Å². The summed E-state index contributed by atoms with van der Waals surface area (Å²) in [5.41, 5.74) is 3.04. The van der Waals surface area contributed by atoms with E-state index in [-0.39, 0.29) is 0 Å². The van der Waals surface area contributed by atoms with Gasteiger partial charge >= 0.3 is 0 Å². The zero-order chi connectivity index (χ0) is 10.7. The SMILES string of the molecule is Cc1ccn(-c2cccc(CON)c2)n1. The van der Waals surface area contributed by atoms with Gasteiger partial charge in [-0.1, -0.05) is 12.1 Å². The molecule has 0 aliphatic rings. The molecule has 2 rings (SSSR count). The Balaban J connectivity index is 2.32. The maximum absolute atomic E-state index is 5.03. The number of benzene rings is 1. The summed E-state index contributed by atoms with van der Waals surface area (Å²) >= 11 is 0. The second-order valence-electron chi connectivity index (χ2n) is 3.38. The number of hydrogen-bond acceptors (Lipinski definition) is 3. The third kappa shape index (κ3) is 2.23. The van der Waals surface area contributed by atoms with Crippen LogP contribution in [-0.2, 0) is 11.4 Å². The second-order valence-corrected chi connectivity index (χ2v) is 3.38. The fourth-order valence-corrected chi connectivity index (χ4v) is 1.44. The van der Waals surface area contributed by atoms with E-state index in [4.69, 9.17) is 5.90 Å². The Kier molecular flexibility index (Phi) is 2.80. The molecule has 1 aromatic heterocycles. The van der Waals surface area contributed by atoms with E-state index in [1.165, 1.54) is 0 Å². The fourth-order valence-electron chi connectivity index (χ4n) is 1.44. The van der Waals surface area contributed by atoms with Gasteiger partial charge in [0.1, 0.15) is 0 Å². The van der Waals surface area contributed by atoms with E-state index in [1.54, 1.807) is 0 Å². The lowest BCUT2D eigenvalue weighted by Gasteiger charge is -2.04.